The maximum absolute atomic E-state index is 5.50. The summed E-state index contributed by atoms with van der Waals surface area (Å²) in [5, 5.41) is 17.6. The molecule has 1 atom stereocenters. The molecule has 0 aromatic carbocycles. The van der Waals surface area contributed by atoms with Gasteiger partial charge in [-0.15, -0.1) is 10.2 Å². The molecule has 80 valence electrons. The van der Waals surface area contributed by atoms with Gasteiger partial charge in [0.15, 0.2) is 0 Å². The number of hydrogen-bond acceptors (Lipinski definition) is 5. The number of rotatable bonds is 4. The third kappa shape index (κ3) is 2.04. The lowest BCUT2D eigenvalue weighted by atomic mass is 10.3. The van der Waals surface area contributed by atoms with E-state index in [1.165, 1.54) is 0 Å². The van der Waals surface area contributed by atoms with E-state index in [4.69, 9.17) is 4.42 Å². The number of aromatic nitrogens is 4. The minimum atomic E-state index is 0.0724. The van der Waals surface area contributed by atoms with E-state index in [9.17, 15) is 0 Å². The van der Waals surface area contributed by atoms with Crippen LogP contribution in [0.3, 0.4) is 0 Å². The maximum atomic E-state index is 5.50. The van der Waals surface area contributed by atoms with Crippen LogP contribution in [0.2, 0.25) is 0 Å². The highest BCUT2D eigenvalue weighted by molar-refractivity contribution is 5.48. The molecule has 0 aliphatic carbocycles. The summed E-state index contributed by atoms with van der Waals surface area (Å²) < 4.78 is 5.50. The quantitative estimate of drug-likeness (QED) is 0.785. The van der Waals surface area contributed by atoms with Gasteiger partial charge in [-0.2, -0.15) is 5.10 Å². The highest BCUT2D eigenvalue weighted by Crippen LogP contribution is 2.18. The molecule has 0 saturated carbocycles. The SMILES string of the molecule is CCNC(C)c1nnc(-c2cn[nH]c2)o1. The van der Waals surface area contributed by atoms with E-state index in [1.54, 1.807) is 12.4 Å². The van der Waals surface area contributed by atoms with Crippen molar-refractivity contribution in [1.82, 2.24) is 25.7 Å². The lowest BCUT2D eigenvalue weighted by Crippen LogP contribution is -2.17. The summed E-state index contributed by atoms with van der Waals surface area (Å²) >= 11 is 0. The zero-order valence-corrected chi connectivity index (χ0v) is 8.69. The summed E-state index contributed by atoms with van der Waals surface area (Å²) in [6.45, 7) is 4.88. The Morgan fingerprint density at radius 1 is 1.53 bits per heavy atom. The molecular weight excluding hydrogens is 194 g/mol. The zero-order chi connectivity index (χ0) is 10.7. The Bertz CT molecular complexity index is 408. The molecule has 1 unspecified atom stereocenters. The molecule has 0 amide bonds. The van der Waals surface area contributed by atoms with Crippen molar-refractivity contribution in [3.63, 3.8) is 0 Å². The molecule has 0 spiro atoms. The van der Waals surface area contributed by atoms with Gasteiger partial charge in [-0.1, -0.05) is 6.92 Å². The van der Waals surface area contributed by atoms with E-state index in [2.05, 4.69) is 25.7 Å². The Hall–Kier alpha value is -1.69. The van der Waals surface area contributed by atoms with Gasteiger partial charge < -0.3 is 9.73 Å². The van der Waals surface area contributed by atoms with Crippen molar-refractivity contribution in [3.8, 4) is 11.5 Å². The number of aromatic amines is 1. The van der Waals surface area contributed by atoms with Crippen LogP contribution in [0.1, 0.15) is 25.8 Å². The van der Waals surface area contributed by atoms with Gasteiger partial charge in [0.1, 0.15) is 0 Å². The van der Waals surface area contributed by atoms with Gasteiger partial charge in [-0.05, 0) is 13.5 Å². The molecule has 0 saturated heterocycles. The normalized spacial score (nSPS) is 12.9. The average Bonchev–Trinajstić information content (AvgIpc) is 2.89. The predicted octanol–water partition coefficient (Wildman–Crippen LogP) is 1.13. The van der Waals surface area contributed by atoms with Crippen LogP contribution in [0, 0.1) is 0 Å². The third-order valence-corrected chi connectivity index (χ3v) is 2.07. The van der Waals surface area contributed by atoms with Crippen LogP contribution in [0.25, 0.3) is 11.5 Å². The highest BCUT2D eigenvalue weighted by atomic mass is 16.4. The van der Waals surface area contributed by atoms with Crippen molar-refractivity contribution in [2.75, 3.05) is 6.54 Å². The second-order valence-electron chi connectivity index (χ2n) is 3.21. The van der Waals surface area contributed by atoms with Crippen molar-refractivity contribution < 1.29 is 4.42 Å². The Labute approximate surface area is 87.1 Å². The van der Waals surface area contributed by atoms with Crippen LogP contribution in [0.4, 0.5) is 0 Å². The van der Waals surface area contributed by atoms with Gasteiger partial charge >= 0.3 is 0 Å². The van der Waals surface area contributed by atoms with Crippen molar-refractivity contribution in [3.05, 3.63) is 18.3 Å². The fourth-order valence-electron chi connectivity index (χ4n) is 1.29. The number of H-pyrrole nitrogens is 1. The molecule has 6 nitrogen and oxygen atoms in total. The van der Waals surface area contributed by atoms with Crippen LogP contribution in [-0.2, 0) is 0 Å². The van der Waals surface area contributed by atoms with E-state index >= 15 is 0 Å². The third-order valence-electron chi connectivity index (χ3n) is 2.07. The van der Waals surface area contributed by atoms with Gasteiger partial charge in [-0.3, -0.25) is 5.10 Å². The molecular formula is C9H13N5O. The Balaban J connectivity index is 2.17. The summed E-state index contributed by atoms with van der Waals surface area (Å²) in [4.78, 5) is 0. The molecule has 0 bridgehead atoms. The van der Waals surface area contributed by atoms with Crippen molar-refractivity contribution in [2.24, 2.45) is 0 Å². The van der Waals surface area contributed by atoms with Gasteiger partial charge in [0.2, 0.25) is 5.89 Å². The van der Waals surface area contributed by atoms with Crippen LogP contribution >= 0.6 is 0 Å². The summed E-state index contributed by atoms with van der Waals surface area (Å²) in [7, 11) is 0. The van der Waals surface area contributed by atoms with Gasteiger partial charge in [-0.25, -0.2) is 0 Å². The van der Waals surface area contributed by atoms with Gasteiger partial charge in [0.25, 0.3) is 5.89 Å². The predicted molar refractivity (Wildman–Crippen MR) is 54.0 cm³/mol. The van der Waals surface area contributed by atoms with Crippen LogP contribution < -0.4 is 5.32 Å². The largest absolute Gasteiger partial charge is 0.419 e. The number of nitrogens with one attached hydrogen (secondary N) is 2. The van der Waals surface area contributed by atoms with E-state index in [0.717, 1.165) is 12.1 Å². The first kappa shape index (κ1) is 9.85. The van der Waals surface area contributed by atoms with E-state index in [-0.39, 0.29) is 6.04 Å². The molecule has 0 aliphatic heterocycles. The first-order valence-corrected chi connectivity index (χ1v) is 4.87. The summed E-state index contributed by atoms with van der Waals surface area (Å²) in [5.74, 6) is 1.08. The summed E-state index contributed by atoms with van der Waals surface area (Å²) in [6.07, 6.45) is 3.37. The first-order chi connectivity index (χ1) is 7.31. The van der Waals surface area contributed by atoms with Crippen LogP contribution in [0.5, 0.6) is 0 Å². The van der Waals surface area contributed by atoms with Crippen molar-refractivity contribution >= 4 is 0 Å². The Morgan fingerprint density at radius 3 is 3.07 bits per heavy atom. The number of hydrogen-bond donors (Lipinski definition) is 2. The summed E-state index contributed by atoms with van der Waals surface area (Å²) in [6, 6.07) is 0.0724. The molecule has 2 heterocycles. The van der Waals surface area contributed by atoms with E-state index < -0.39 is 0 Å². The second kappa shape index (κ2) is 4.22. The topological polar surface area (TPSA) is 79.6 Å². The fraction of sp³-hybridized carbons (Fsp3) is 0.444. The molecule has 2 aromatic heterocycles. The Kier molecular flexibility index (Phi) is 2.77. The monoisotopic (exact) mass is 207 g/mol. The van der Waals surface area contributed by atoms with Gasteiger partial charge in [0, 0.05) is 6.20 Å². The first-order valence-electron chi connectivity index (χ1n) is 4.87. The lowest BCUT2D eigenvalue weighted by molar-refractivity contribution is 0.429. The summed E-state index contributed by atoms with van der Waals surface area (Å²) in [5.41, 5.74) is 0.803. The van der Waals surface area contributed by atoms with Gasteiger partial charge in [0.05, 0.1) is 17.8 Å². The smallest absolute Gasteiger partial charge is 0.250 e. The van der Waals surface area contributed by atoms with E-state index in [0.29, 0.717) is 11.8 Å². The molecule has 0 radical (unpaired) electrons. The Morgan fingerprint density at radius 2 is 2.40 bits per heavy atom. The van der Waals surface area contributed by atoms with Crippen molar-refractivity contribution in [1.29, 1.82) is 0 Å². The molecule has 2 aromatic rings. The lowest BCUT2D eigenvalue weighted by Gasteiger charge is -2.05. The zero-order valence-electron chi connectivity index (χ0n) is 8.69. The average molecular weight is 207 g/mol. The standard InChI is InChI=1S/C9H13N5O/c1-3-10-6(2)8-13-14-9(15-8)7-4-11-12-5-7/h4-6,10H,3H2,1-2H3,(H,11,12). The van der Waals surface area contributed by atoms with E-state index in [1.807, 2.05) is 13.8 Å². The fourth-order valence-corrected chi connectivity index (χ4v) is 1.29. The van der Waals surface area contributed by atoms with Crippen LogP contribution in [0.15, 0.2) is 16.8 Å². The molecule has 15 heavy (non-hydrogen) atoms. The van der Waals surface area contributed by atoms with Crippen molar-refractivity contribution in [2.45, 2.75) is 19.9 Å². The minimum Gasteiger partial charge on any atom is -0.419 e. The maximum Gasteiger partial charge on any atom is 0.250 e. The second-order valence-corrected chi connectivity index (χ2v) is 3.21. The van der Waals surface area contributed by atoms with Crippen LogP contribution in [-0.4, -0.2) is 26.9 Å². The molecule has 0 fully saturated rings. The number of nitrogens with zero attached hydrogens (tertiary/aromatic N) is 3. The molecule has 2 rings (SSSR count). The molecule has 2 N–H and O–H groups in total. The molecule has 0 aliphatic rings. The molecule has 6 heteroatoms. The highest BCUT2D eigenvalue weighted by Gasteiger charge is 2.14. The minimum absolute atomic E-state index is 0.0724.